The van der Waals surface area contributed by atoms with Crippen molar-refractivity contribution in [3.05, 3.63) is 70.2 Å². The number of fused-ring (bicyclic) bond motifs is 1. The van der Waals surface area contributed by atoms with Crippen LogP contribution in [0.15, 0.2) is 48.1 Å². The Morgan fingerprint density at radius 2 is 1.75 bits per heavy atom. The van der Waals surface area contributed by atoms with Crippen LogP contribution < -0.4 is 0 Å². The zero-order chi connectivity index (χ0) is 24.8. The number of hydrogen-bond donors (Lipinski definition) is 0. The van der Waals surface area contributed by atoms with Crippen LogP contribution in [0.2, 0.25) is 0 Å². The van der Waals surface area contributed by atoms with Crippen LogP contribution in [0, 0.1) is 12.7 Å². The molecule has 2 saturated heterocycles. The first kappa shape index (κ1) is 22.7. The fourth-order valence-corrected chi connectivity index (χ4v) is 5.41. The van der Waals surface area contributed by atoms with Crippen molar-refractivity contribution in [1.29, 1.82) is 0 Å². The predicted octanol–water partition coefficient (Wildman–Crippen LogP) is 2.61. The van der Waals surface area contributed by atoms with Gasteiger partial charge in [0.25, 0.3) is 11.8 Å². The van der Waals surface area contributed by atoms with Gasteiger partial charge in [0.15, 0.2) is 10.7 Å². The fourth-order valence-electron chi connectivity index (χ4n) is 4.81. The molecule has 0 atom stereocenters. The number of pyridine rings is 1. The molecule has 2 aliphatic rings. The molecule has 5 heterocycles. The number of aromatic nitrogens is 4. The molecule has 0 saturated carbocycles. The summed E-state index contributed by atoms with van der Waals surface area (Å²) in [5.74, 6) is -0.366. The van der Waals surface area contributed by atoms with Crippen LogP contribution in [0.1, 0.15) is 25.9 Å². The van der Waals surface area contributed by atoms with Gasteiger partial charge in [-0.2, -0.15) is 5.10 Å². The van der Waals surface area contributed by atoms with E-state index < -0.39 is 0 Å². The highest BCUT2D eigenvalue weighted by Gasteiger charge is 2.37. The van der Waals surface area contributed by atoms with Crippen LogP contribution in [-0.2, 0) is 0 Å². The minimum Gasteiger partial charge on any atom is -0.335 e. The van der Waals surface area contributed by atoms with Gasteiger partial charge >= 0.3 is 0 Å². The van der Waals surface area contributed by atoms with E-state index in [1.54, 1.807) is 29.2 Å². The molecular weight excluding hydrogens is 481 g/mol. The molecule has 0 N–H and O–H groups in total. The van der Waals surface area contributed by atoms with Crippen molar-refractivity contribution in [1.82, 2.24) is 34.4 Å². The summed E-state index contributed by atoms with van der Waals surface area (Å²) in [6.07, 6.45) is 3.24. The lowest BCUT2D eigenvalue weighted by Gasteiger charge is -2.48. The molecule has 0 spiro atoms. The maximum atomic E-state index is 13.3. The smallest absolute Gasteiger partial charge is 0.282 e. The Balaban J connectivity index is 1.09. The van der Waals surface area contributed by atoms with E-state index in [0.717, 1.165) is 24.2 Å². The average Bonchev–Trinajstić information content (AvgIpc) is 3.52. The molecule has 1 aromatic carbocycles. The molecule has 2 fully saturated rings. The highest BCUT2D eigenvalue weighted by atomic mass is 32.1. The lowest BCUT2D eigenvalue weighted by atomic mass is 10.0. The molecule has 2 aliphatic heterocycles. The summed E-state index contributed by atoms with van der Waals surface area (Å²) in [5, 5.41) is 7.69. The van der Waals surface area contributed by atoms with Crippen molar-refractivity contribution in [2.75, 3.05) is 39.3 Å². The molecule has 0 aliphatic carbocycles. The van der Waals surface area contributed by atoms with Gasteiger partial charge in [-0.05, 0) is 37.3 Å². The van der Waals surface area contributed by atoms with E-state index in [-0.39, 0.29) is 17.6 Å². The second kappa shape index (κ2) is 9.07. The summed E-state index contributed by atoms with van der Waals surface area (Å²) in [6, 6.07) is 8.20. The number of thiazole rings is 1. The number of likely N-dealkylation sites (tertiary alicyclic amines) is 1. The third-order valence-electron chi connectivity index (χ3n) is 6.91. The van der Waals surface area contributed by atoms with Crippen LogP contribution in [0.4, 0.5) is 4.39 Å². The van der Waals surface area contributed by atoms with Crippen molar-refractivity contribution in [2.24, 2.45) is 0 Å². The zero-order valence-electron chi connectivity index (χ0n) is 19.7. The Morgan fingerprint density at radius 1 is 1.00 bits per heavy atom. The highest BCUT2D eigenvalue weighted by molar-refractivity contribution is 7.11. The number of amides is 2. The first-order chi connectivity index (χ1) is 17.5. The van der Waals surface area contributed by atoms with Gasteiger partial charge < -0.3 is 9.80 Å². The molecule has 36 heavy (non-hydrogen) atoms. The van der Waals surface area contributed by atoms with Crippen LogP contribution in [0.3, 0.4) is 0 Å². The van der Waals surface area contributed by atoms with Gasteiger partial charge in [0.1, 0.15) is 5.82 Å². The van der Waals surface area contributed by atoms with Crippen molar-refractivity contribution < 1.29 is 14.0 Å². The lowest BCUT2D eigenvalue weighted by molar-refractivity contribution is 0.00852. The zero-order valence-corrected chi connectivity index (χ0v) is 20.5. The molecule has 0 bridgehead atoms. The van der Waals surface area contributed by atoms with Gasteiger partial charge in [-0.1, -0.05) is 0 Å². The summed E-state index contributed by atoms with van der Waals surface area (Å²) in [4.78, 5) is 40.3. The first-order valence-corrected chi connectivity index (χ1v) is 12.7. The molecule has 6 rings (SSSR count). The van der Waals surface area contributed by atoms with Gasteiger partial charge in [0, 0.05) is 68.5 Å². The van der Waals surface area contributed by atoms with Crippen LogP contribution in [0.25, 0.3) is 16.7 Å². The number of piperazine rings is 1. The quantitative estimate of drug-likeness (QED) is 0.424. The summed E-state index contributed by atoms with van der Waals surface area (Å²) in [7, 11) is 0. The van der Waals surface area contributed by atoms with E-state index in [1.165, 1.54) is 23.5 Å². The largest absolute Gasteiger partial charge is 0.335 e. The fraction of sp³-hybridized carbons (Fsp3) is 0.320. The van der Waals surface area contributed by atoms with Crippen LogP contribution in [-0.4, -0.2) is 91.6 Å². The second-order valence-electron chi connectivity index (χ2n) is 9.10. The Hall–Kier alpha value is -3.70. The number of benzene rings is 1. The summed E-state index contributed by atoms with van der Waals surface area (Å²) < 4.78 is 15.0. The van der Waals surface area contributed by atoms with E-state index in [0.29, 0.717) is 54.1 Å². The van der Waals surface area contributed by atoms with E-state index in [2.05, 4.69) is 20.0 Å². The van der Waals surface area contributed by atoms with Crippen LogP contribution in [0.5, 0.6) is 0 Å². The topological polar surface area (TPSA) is 87.5 Å². The number of hydrogen-bond acceptors (Lipinski definition) is 7. The Morgan fingerprint density at radius 3 is 2.44 bits per heavy atom. The maximum Gasteiger partial charge on any atom is 0.282 e. The van der Waals surface area contributed by atoms with E-state index in [1.807, 2.05) is 28.2 Å². The Kier molecular flexibility index (Phi) is 5.73. The van der Waals surface area contributed by atoms with Crippen molar-refractivity contribution in [3.8, 4) is 5.69 Å². The first-order valence-electron chi connectivity index (χ1n) is 11.8. The van der Waals surface area contributed by atoms with Crippen LogP contribution >= 0.6 is 11.3 Å². The second-order valence-corrected chi connectivity index (χ2v) is 9.99. The summed E-state index contributed by atoms with van der Waals surface area (Å²) in [5.41, 5.74) is 2.62. The van der Waals surface area contributed by atoms with Crippen molar-refractivity contribution in [2.45, 2.75) is 13.0 Å². The number of aryl methyl sites for hydroxylation is 1. The van der Waals surface area contributed by atoms with Gasteiger partial charge in [0.05, 0.1) is 16.9 Å². The number of halogens is 1. The molecule has 0 unspecified atom stereocenters. The minimum absolute atomic E-state index is 0.00370. The van der Waals surface area contributed by atoms with Crippen molar-refractivity contribution in [3.63, 3.8) is 0 Å². The molecule has 184 valence electrons. The molecule has 3 aromatic heterocycles. The van der Waals surface area contributed by atoms with Gasteiger partial charge in [0.2, 0.25) is 0 Å². The summed E-state index contributed by atoms with van der Waals surface area (Å²) in [6.45, 7) is 6.10. The average molecular weight is 506 g/mol. The SMILES string of the molecule is Cc1nn(-c2ccc(F)cc2)c2ncc(C(=O)N3CC(N4CCN(C(=O)c5nccs5)CC4)C3)cc12. The van der Waals surface area contributed by atoms with E-state index in [9.17, 15) is 14.0 Å². The Bertz CT molecular complexity index is 1420. The predicted molar refractivity (Wildman–Crippen MR) is 133 cm³/mol. The number of carbonyl (C=O) groups is 2. The third kappa shape index (κ3) is 4.03. The lowest BCUT2D eigenvalue weighted by Crippen LogP contribution is -2.64. The number of carbonyl (C=O) groups excluding carboxylic acids is 2. The molecule has 4 aromatic rings. The molecule has 0 radical (unpaired) electrons. The normalized spacial score (nSPS) is 16.9. The molecule has 9 nitrogen and oxygen atoms in total. The highest BCUT2D eigenvalue weighted by Crippen LogP contribution is 2.24. The Labute approximate surface area is 210 Å². The number of nitrogens with zero attached hydrogens (tertiary/aromatic N) is 7. The molecular formula is C25H24FN7O2S. The van der Waals surface area contributed by atoms with Gasteiger partial charge in [-0.15, -0.1) is 11.3 Å². The standard InChI is InChI=1S/C25H24FN7O2S/c1-16-21-12-17(13-28-22(21)33(29-16)19-4-2-18(26)3-5-19)24(34)32-14-20(15-32)30-7-9-31(10-8-30)25(35)23-27-6-11-36-23/h2-6,11-13,20H,7-10,14-15H2,1H3. The summed E-state index contributed by atoms with van der Waals surface area (Å²) >= 11 is 1.37. The maximum absolute atomic E-state index is 13.3. The van der Waals surface area contributed by atoms with E-state index in [4.69, 9.17) is 0 Å². The monoisotopic (exact) mass is 505 g/mol. The van der Waals surface area contributed by atoms with Gasteiger partial charge in [-0.3, -0.25) is 14.5 Å². The molecule has 11 heteroatoms. The van der Waals surface area contributed by atoms with Gasteiger partial charge in [-0.25, -0.2) is 19.0 Å². The third-order valence-corrected chi connectivity index (χ3v) is 7.67. The van der Waals surface area contributed by atoms with E-state index >= 15 is 0 Å². The van der Waals surface area contributed by atoms with Crippen molar-refractivity contribution >= 4 is 34.2 Å². The number of rotatable bonds is 4. The minimum atomic E-state index is -0.313. The molecule has 2 amide bonds.